The second kappa shape index (κ2) is 7.62. The molecule has 0 atom stereocenters. The molecule has 3 aromatic rings. The van der Waals surface area contributed by atoms with Gasteiger partial charge < -0.3 is 10.1 Å². The Labute approximate surface area is 146 Å². The van der Waals surface area contributed by atoms with Crippen molar-refractivity contribution in [1.82, 2.24) is 0 Å². The number of hydrogen-bond donors (Lipinski definition) is 1. The first-order valence-corrected chi connectivity index (χ1v) is 7.97. The van der Waals surface area contributed by atoms with Crippen LogP contribution in [-0.2, 0) is 4.79 Å². The molecule has 25 heavy (non-hydrogen) atoms. The first kappa shape index (κ1) is 16.7. The molecule has 0 aromatic heterocycles. The molecule has 0 aliphatic carbocycles. The van der Waals surface area contributed by atoms with Crippen molar-refractivity contribution >= 4 is 11.6 Å². The van der Waals surface area contributed by atoms with E-state index in [1.807, 2.05) is 54.6 Å². The van der Waals surface area contributed by atoms with E-state index in [4.69, 9.17) is 4.74 Å². The van der Waals surface area contributed by atoms with Crippen LogP contribution in [0.4, 0.5) is 10.1 Å². The lowest BCUT2D eigenvalue weighted by Crippen LogP contribution is -2.20. The zero-order valence-corrected chi connectivity index (χ0v) is 13.8. The summed E-state index contributed by atoms with van der Waals surface area (Å²) in [6.45, 7) is 1.62. The highest BCUT2D eigenvalue weighted by Gasteiger charge is 2.09. The van der Waals surface area contributed by atoms with Gasteiger partial charge in [-0.15, -0.1) is 0 Å². The summed E-state index contributed by atoms with van der Waals surface area (Å²) in [5.41, 5.74) is 3.19. The van der Waals surface area contributed by atoms with Gasteiger partial charge in [0.05, 0.1) is 0 Å². The molecular formula is C21H18FNO2. The molecule has 0 bridgehead atoms. The molecule has 4 heteroatoms. The van der Waals surface area contributed by atoms with Gasteiger partial charge in [0.15, 0.2) is 6.61 Å². The summed E-state index contributed by atoms with van der Waals surface area (Å²) in [6.07, 6.45) is 0. The van der Waals surface area contributed by atoms with Gasteiger partial charge in [-0.3, -0.25) is 4.79 Å². The third-order valence-electron chi connectivity index (χ3n) is 3.79. The van der Waals surface area contributed by atoms with E-state index in [0.717, 1.165) is 11.1 Å². The maximum Gasteiger partial charge on any atom is 0.262 e. The number of carbonyl (C=O) groups is 1. The van der Waals surface area contributed by atoms with Crippen molar-refractivity contribution in [2.24, 2.45) is 0 Å². The maximum absolute atomic E-state index is 13.1. The van der Waals surface area contributed by atoms with Gasteiger partial charge in [0.25, 0.3) is 5.91 Å². The number of carbonyl (C=O) groups excluding carboxylic acids is 1. The van der Waals surface area contributed by atoms with Gasteiger partial charge >= 0.3 is 0 Å². The lowest BCUT2D eigenvalue weighted by atomic mass is 10.1. The maximum atomic E-state index is 13.1. The molecule has 3 nitrogen and oxygen atoms in total. The largest absolute Gasteiger partial charge is 0.483 e. The van der Waals surface area contributed by atoms with Crippen molar-refractivity contribution in [2.45, 2.75) is 6.92 Å². The van der Waals surface area contributed by atoms with E-state index in [9.17, 15) is 9.18 Å². The van der Waals surface area contributed by atoms with Gasteiger partial charge in [-0.05, 0) is 42.3 Å². The average molecular weight is 335 g/mol. The van der Waals surface area contributed by atoms with Crippen molar-refractivity contribution in [3.05, 3.63) is 84.2 Å². The SMILES string of the molecule is Cc1cc(F)ccc1NC(=O)COc1ccccc1-c1ccccc1. The van der Waals surface area contributed by atoms with Crippen LogP contribution >= 0.6 is 0 Å². The van der Waals surface area contributed by atoms with E-state index >= 15 is 0 Å². The van der Waals surface area contributed by atoms with Gasteiger partial charge in [-0.2, -0.15) is 0 Å². The summed E-state index contributed by atoms with van der Waals surface area (Å²) < 4.78 is 18.8. The Morgan fingerprint density at radius 3 is 2.48 bits per heavy atom. The van der Waals surface area contributed by atoms with Gasteiger partial charge in [-0.25, -0.2) is 4.39 Å². The molecule has 3 rings (SSSR count). The average Bonchev–Trinajstić information content (AvgIpc) is 2.63. The highest BCUT2D eigenvalue weighted by Crippen LogP contribution is 2.29. The van der Waals surface area contributed by atoms with Crippen LogP contribution in [-0.4, -0.2) is 12.5 Å². The van der Waals surface area contributed by atoms with Gasteiger partial charge in [-0.1, -0.05) is 48.5 Å². The third kappa shape index (κ3) is 4.23. The lowest BCUT2D eigenvalue weighted by molar-refractivity contribution is -0.118. The first-order valence-electron chi connectivity index (χ1n) is 7.97. The predicted octanol–water partition coefficient (Wildman–Crippen LogP) is 4.82. The summed E-state index contributed by atoms with van der Waals surface area (Å²) in [5, 5.41) is 2.74. The molecule has 0 unspecified atom stereocenters. The summed E-state index contributed by atoms with van der Waals surface area (Å²) >= 11 is 0. The van der Waals surface area contributed by atoms with Crippen molar-refractivity contribution in [3.63, 3.8) is 0 Å². The zero-order valence-electron chi connectivity index (χ0n) is 13.8. The molecule has 0 aliphatic rings. The highest BCUT2D eigenvalue weighted by molar-refractivity contribution is 5.92. The van der Waals surface area contributed by atoms with Gasteiger partial charge in [0.2, 0.25) is 0 Å². The van der Waals surface area contributed by atoms with E-state index in [0.29, 0.717) is 17.0 Å². The molecule has 0 radical (unpaired) electrons. The third-order valence-corrected chi connectivity index (χ3v) is 3.79. The molecule has 126 valence electrons. The Kier molecular flexibility index (Phi) is 5.09. The topological polar surface area (TPSA) is 38.3 Å². The van der Waals surface area contributed by atoms with Crippen LogP contribution in [0, 0.1) is 12.7 Å². The fourth-order valence-corrected chi connectivity index (χ4v) is 2.55. The Balaban J connectivity index is 1.69. The van der Waals surface area contributed by atoms with Crippen LogP contribution in [0.1, 0.15) is 5.56 Å². The first-order chi connectivity index (χ1) is 12.1. The molecule has 0 saturated heterocycles. The Morgan fingerprint density at radius 1 is 1.00 bits per heavy atom. The van der Waals surface area contributed by atoms with Crippen LogP contribution in [0.5, 0.6) is 5.75 Å². The summed E-state index contributed by atoms with van der Waals surface area (Å²) in [6, 6.07) is 21.6. The smallest absolute Gasteiger partial charge is 0.262 e. The number of hydrogen-bond acceptors (Lipinski definition) is 2. The minimum Gasteiger partial charge on any atom is -0.483 e. The zero-order chi connectivity index (χ0) is 17.6. The van der Waals surface area contributed by atoms with Crippen molar-refractivity contribution in [1.29, 1.82) is 0 Å². The van der Waals surface area contributed by atoms with Crippen molar-refractivity contribution in [3.8, 4) is 16.9 Å². The number of para-hydroxylation sites is 1. The van der Waals surface area contributed by atoms with Crippen LogP contribution < -0.4 is 10.1 Å². The molecule has 0 saturated carbocycles. The number of rotatable bonds is 5. The number of benzene rings is 3. The number of aryl methyl sites for hydroxylation is 1. The minimum atomic E-state index is -0.330. The number of ether oxygens (including phenoxy) is 1. The Hall–Kier alpha value is -3.14. The van der Waals surface area contributed by atoms with Crippen LogP contribution in [0.15, 0.2) is 72.8 Å². The molecule has 3 aromatic carbocycles. The molecule has 0 heterocycles. The van der Waals surface area contributed by atoms with Crippen LogP contribution in [0.2, 0.25) is 0 Å². The van der Waals surface area contributed by atoms with Crippen LogP contribution in [0.3, 0.4) is 0 Å². The minimum absolute atomic E-state index is 0.124. The van der Waals surface area contributed by atoms with Gasteiger partial charge in [0, 0.05) is 11.3 Å². The summed E-state index contributed by atoms with van der Waals surface area (Å²) in [4.78, 5) is 12.1. The lowest BCUT2D eigenvalue weighted by Gasteiger charge is -2.12. The van der Waals surface area contributed by atoms with E-state index in [1.165, 1.54) is 12.1 Å². The Bertz CT molecular complexity index is 878. The Morgan fingerprint density at radius 2 is 1.72 bits per heavy atom. The molecule has 0 spiro atoms. The fourth-order valence-electron chi connectivity index (χ4n) is 2.55. The van der Waals surface area contributed by atoms with Crippen molar-refractivity contribution < 1.29 is 13.9 Å². The molecule has 1 N–H and O–H groups in total. The number of amides is 1. The highest BCUT2D eigenvalue weighted by atomic mass is 19.1. The quantitative estimate of drug-likeness (QED) is 0.726. The number of anilines is 1. The second-order valence-electron chi connectivity index (χ2n) is 5.66. The van der Waals surface area contributed by atoms with E-state index in [-0.39, 0.29) is 18.3 Å². The number of halogens is 1. The fraction of sp³-hybridized carbons (Fsp3) is 0.0952. The number of nitrogens with one attached hydrogen (secondary N) is 1. The van der Waals surface area contributed by atoms with Crippen LogP contribution in [0.25, 0.3) is 11.1 Å². The monoisotopic (exact) mass is 335 g/mol. The van der Waals surface area contributed by atoms with Crippen molar-refractivity contribution in [2.75, 3.05) is 11.9 Å². The van der Waals surface area contributed by atoms with E-state index in [1.54, 1.807) is 13.0 Å². The second-order valence-corrected chi connectivity index (χ2v) is 5.66. The summed E-state index contributed by atoms with van der Waals surface area (Å²) in [7, 11) is 0. The normalized spacial score (nSPS) is 10.3. The molecular weight excluding hydrogens is 317 g/mol. The van der Waals surface area contributed by atoms with E-state index in [2.05, 4.69) is 5.32 Å². The standard InChI is InChI=1S/C21H18FNO2/c1-15-13-17(22)11-12-19(15)23-21(24)14-25-20-10-6-5-9-18(20)16-7-3-2-4-8-16/h2-13H,14H2,1H3,(H,23,24). The van der Waals surface area contributed by atoms with E-state index < -0.39 is 0 Å². The predicted molar refractivity (Wildman–Crippen MR) is 97.1 cm³/mol. The molecule has 0 aliphatic heterocycles. The molecule has 0 fully saturated rings. The molecule has 1 amide bonds. The summed E-state index contributed by atoms with van der Waals surface area (Å²) in [5.74, 6) is 0.0146. The van der Waals surface area contributed by atoms with Gasteiger partial charge in [0.1, 0.15) is 11.6 Å².